The molecular weight excluding hydrogens is 890 g/mol. The quantitative estimate of drug-likeness (QED) is 0.164. The lowest BCUT2D eigenvalue weighted by atomic mass is 9.93. The molecule has 0 aromatic carbocycles. The van der Waals surface area contributed by atoms with Crippen LogP contribution in [-0.4, -0.2) is 85.5 Å². The van der Waals surface area contributed by atoms with E-state index >= 15 is 0 Å². The van der Waals surface area contributed by atoms with Gasteiger partial charge in [-0.1, -0.05) is 174 Å². The molecule has 0 aliphatic heterocycles. The number of hydrogen-bond donors (Lipinski definition) is 5. The van der Waals surface area contributed by atoms with Crippen molar-refractivity contribution in [2.45, 2.75) is 43.1 Å². The van der Waals surface area contributed by atoms with Crippen LogP contribution in [0.1, 0.15) is 0 Å². The van der Waals surface area contributed by atoms with Crippen LogP contribution in [0.5, 0.6) is 0 Å². The van der Waals surface area contributed by atoms with E-state index in [0.717, 1.165) is 0 Å². The molecule has 42 heavy (non-hydrogen) atoms. The smallest absolute Gasteiger partial charge is 0.272 e. The molecule has 242 valence electrons. The number of carbonyl (C=O) groups excluding carboxylic acids is 6. The first kappa shape index (κ1) is 43.4. The summed E-state index contributed by atoms with van der Waals surface area (Å²) in [4.78, 5) is 74.9. The summed E-state index contributed by atoms with van der Waals surface area (Å²) in [5.41, 5.74) is 0. The minimum atomic E-state index is -2.76. The molecule has 0 spiro atoms. The zero-order chi connectivity index (χ0) is 33.6. The van der Waals surface area contributed by atoms with Crippen LogP contribution in [0.25, 0.3) is 0 Å². The van der Waals surface area contributed by atoms with Gasteiger partial charge >= 0.3 is 0 Å². The number of amides is 5. The standard InChI is InChI=1S/C16H12Cl15N5O6/c17-12(18,19)7(38)32-1-3(33-8(39)13(20,21)22)5(35-10(41)15(26,27)28)6(36-11(42)16(29,30)31)4(2-37)34-9(40)14(23,24)25/h2-6H,1H2,(H,32,38)(H,33,39)(H,34,40)(H,35,41)(H,36,42)/t3-,4?,5+,6-/m1/s1. The third-order valence-electron chi connectivity index (χ3n) is 4.33. The van der Waals surface area contributed by atoms with Crippen molar-refractivity contribution in [1.29, 1.82) is 0 Å². The molecule has 4 atom stereocenters. The van der Waals surface area contributed by atoms with Crippen LogP contribution in [0.2, 0.25) is 0 Å². The fraction of sp³-hybridized carbons (Fsp3) is 0.625. The minimum absolute atomic E-state index is 0.0418. The molecule has 0 aromatic rings. The van der Waals surface area contributed by atoms with Gasteiger partial charge in [-0.25, -0.2) is 0 Å². The summed E-state index contributed by atoms with van der Waals surface area (Å²) in [7, 11) is 0. The zero-order valence-electron chi connectivity index (χ0n) is 19.2. The second-order valence-corrected chi connectivity index (χ2v) is 18.8. The van der Waals surface area contributed by atoms with Crippen molar-refractivity contribution in [2.24, 2.45) is 0 Å². The molecule has 0 saturated carbocycles. The van der Waals surface area contributed by atoms with Crippen LogP contribution < -0.4 is 26.6 Å². The maximum atomic E-state index is 12.8. The first-order valence-corrected chi connectivity index (χ1v) is 15.5. The van der Waals surface area contributed by atoms with Crippen molar-refractivity contribution in [3.63, 3.8) is 0 Å². The summed E-state index contributed by atoms with van der Waals surface area (Å²) >= 11 is 83.9. The van der Waals surface area contributed by atoms with Crippen molar-refractivity contribution in [2.75, 3.05) is 6.54 Å². The summed E-state index contributed by atoms with van der Waals surface area (Å²) in [6.45, 7) is -0.867. The van der Waals surface area contributed by atoms with Gasteiger partial charge in [0.15, 0.2) is 0 Å². The van der Waals surface area contributed by atoms with E-state index in [9.17, 15) is 28.8 Å². The van der Waals surface area contributed by atoms with Gasteiger partial charge in [-0.15, -0.1) is 0 Å². The molecule has 0 radical (unpaired) electrons. The average Bonchev–Trinajstić information content (AvgIpc) is 2.78. The van der Waals surface area contributed by atoms with Gasteiger partial charge in [0.25, 0.3) is 48.5 Å². The number of hydrogen-bond acceptors (Lipinski definition) is 6. The lowest BCUT2D eigenvalue weighted by Crippen LogP contribution is -2.71. The first-order chi connectivity index (χ1) is 18.5. The van der Waals surface area contributed by atoms with Crippen molar-refractivity contribution in [3.8, 4) is 0 Å². The van der Waals surface area contributed by atoms with E-state index in [-0.39, 0.29) is 6.29 Å². The molecule has 0 aliphatic carbocycles. The molecule has 0 aromatic heterocycles. The van der Waals surface area contributed by atoms with Crippen LogP contribution in [0, 0.1) is 0 Å². The molecule has 0 bridgehead atoms. The van der Waals surface area contributed by atoms with Gasteiger partial charge in [0, 0.05) is 6.54 Å². The van der Waals surface area contributed by atoms with Crippen molar-refractivity contribution < 1.29 is 28.8 Å². The molecule has 0 aliphatic rings. The SMILES string of the molecule is O=CC(NC(=O)C(Cl)(Cl)Cl)[C@@H](NC(=O)C(Cl)(Cl)Cl)[C@@H](NC(=O)C(Cl)(Cl)Cl)[C@@H](CNC(=O)C(Cl)(Cl)Cl)NC(=O)C(Cl)(Cl)Cl. The van der Waals surface area contributed by atoms with Crippen LogP contribution in [0.4, 0.5) is 0 Å². The largest absolute Gasteiger partial charge is 0.350 e. The van der Waals surface area contributed by atoms with E-state index in [1.807, 2.05) is 10.6 Å². The zero-order valence-corrected chi connectivity index (χ0v) is 30.6. The van der Waals surface area contributed by atoms with Crippen LogP contribution in [-0.2, 0) is 28.8 Å². The second kappa shape index (κ2) is 17.0. The molecule has 26 heteroatoms. The Bertz CT molecular complexity index is 1030. The summed E-state index contributed by atoms with van der Waals surface area (Å²) in [5.74, 6) is -7.14. The van der Waals surface area contributed by atoms with E-state index < -0.39 is 79.2 Å². The minimum Gasteiger partial charge on any atom is -0.350 e. The van der Waals surface area contributed by atoms with Gasteiger partial charge in [0.1, 0.15) is 12.3 Å². The Kier molecular flexibility index (Phi) is 17.5. The van der Waals surface area contributed by atoms with Gasteiger partial charge in [-0.2, -0.15) is 0 Å². The topological polar surface area (TPSA) is 163 Å². The Morgan fingerprint density at radius 2 is 0.786 bits per heavy atom. The predicted molar refractivity (Wildman–Crippen MR) is 168 cm³/mol. The van der Waals surface area contributed by atoms with E-state index in [1.165, 1.54) is 0 Å². The Morgan fingerprint density at radius 3 is 1.12 bits per heavy atom. The number of aldehydes is 1. The molecule has 0 heterocycles. The third kappa shape index (κ3) is 15.3. The molecule has 5 N–H and O–H groups in total. The van der Waals surface area contributed by atoms with Gasteiger partial charge in [0.05, 0.1) is 18.1 Å². The van der Waals surface area contributed by atoms with Crippen LogP contribution in [0.3, 0.4) is 0 Å². The number of carbonyl (C=O) groups is 6. The second-order valence-electron chi connectivity index (χ2n) is 7.41. The van der Waals surface area contributed by atoms with E-state index in [1.54, 1.807) is 0 Å². The van der Waals surface area contributed by atoms with Crippen molar-refractivity contribution in [1.82, 2.24) is 26.6 Å². The monoisotopic (exact) mass is 895 g/mol. The van der Waals surface area contributed by atoms with Gasteiger partial charge in [-0.05, 0) is 0 Å². The Balaban J connectivity index is 7.27. The highest BCUT2D eigenvalue weighted by atomic mass is 35.6. The maximum absolute atomic E-state index is 12.8. The van der Waals surface area contributed by atoms with Crippen molar-refractivity contribution in [3.05, 3.63) is 0 Å². The predicted octanol–water partition coefficient (Wildman–Crippen LogP) is 4.09. The summed E-state index contributed by atoms with van der Waals surface area (Å²) in [6, 6.07) is -7.89. The molecule has 0 rings (SSSR count). The van der Waals surface area contributed by atoms with Crippen LogP contribution >= 0.6 is 174 Å². The fourth-order valence-corrected chi connectivity index (χ4v) is 3.43. The normalized spacial score (nSPS) is 15.8. The number of halogens is 15. The summed E-state index contributed by atoms with van der Waals surface area (Å²) in [6.07, 6.45) is -0.0418. The lowest BCUT2D eigenvalue weighted by molar-refractivity contribution is -0.128. The Labute approximate surface area is 311 Å². The molecule has 0 saturated heterocycles. The molecular formula is C16H12Cl15N5O6. The van der Waals surface area contributed by atoms with Gasteiger partial charge < -0.3 is 31.4 Å². The highest BCUT2D eigenvalue weighted by molar-refractivity contribution is 6.78. The van der Waals surface area contributed by atoms with Gasteiger partial charge in [0.2, 0.25) is 0 Å². The maximum Gasteiger partial charge on any atom is 0.272 e. The number of rotatable bonds is 10. The Morgan fingerprint density at radius 1 is 0.476 bits per heavy atom. The number of alkyl halides is 15. The third-order valence-corrected chi connectivity index (χ3v) is 6.91. The summed E-state index contributed by atoms with van der Waals surface area (Å²) in [5, 5.41) is 10.2. The van der Waals surface area contributed by atoms with E-state index in [2.05, 4.69) is 16.0 Å². The number of nitrogens with one attached hydrogen (secondary N) is 5. The van der Waals surface area contributed by atoms with E-state index in [0.29, 0.717) is 0 Å². The molecule has 0 fully saturated rings. The summed E-state index contributed by atoms with van der Waals surface area (Å²) < 4.78 is -13.5. The van der Waals surface area contributed by atoms with Crippen molar-refractivity contribution >= 4 is 210 Å². The van der Waals surface area contributed by atoms with E-state index in [4.69, 9.17) is 174 Å². The fourth-order valence-electron chi connectivity index (χ4n) is 2.57. The highest BCUT2D eigenvalue weighted by Crippen LogP contribution is 2.31. The lowest BCUT2D eigenvalue weighted by Gasteiger charge is -2.39. The highest BCUT2D eigenvalue weighted by Gasteiger charge is 2.47. The molecule has 1 unspecified atom stereocenters. The first-order valence-electron chi connectivity index (χ1n) is 9.84. The van der Waals surface area contributed by atoms with Crippen LogP contribution in [0.15, 0.2) is 0 Å². The molecule has 5 amide bonds. The average molecular weight is 902 g/mol. The van der Waals surface area contributed by atoms with Gasteiger partial charge in [-0.3, -0.25) is 24.0 Å². The molecule has 11 nitrogen and oxygen atoms in total. The Hall–Kier alpha value is 1.37.